The molecule has 0 aliphatic carbocycles. The summed E-state index contributed by atoms with van der Waals surface area (Å²) in [6.45, 7) is 9.29. The quantitative estimate of drug-likeness (QED) is 0.400. The predicted octanol–water partition coefficient (Wildman–Crippen LogP) is 3.31. The van der Waals surface area contributed by atoms with Gasteiger partial charge in [-0.15, -0.1) is 6.58 Å². The summed E-state index contributed by atoms with van der Waals surface area (Å²) in [5.41, 5.74) is 2.43. The van der Waals surface area contributed by atoms with Crippen LogP contribution in [-0.4, -0.2) is 5.78 Å². The van der Waals surface area contributed by atoms with Crippen molar-refractivity contribution in [2.24, 2.45) is 0 Å². The van der Waals surface area contributed by atoms with Gasteiger partial charge < -0.3 is 0 Å². The molecule has 1 heteroatoms. The fourth-order valence-corrected chi connectivity index (χ4v) is 1.18. The van der Waals surface area contributed by atoms with E-state index in [9.17, 15) is 4.79 Å². The molecule has 0 aromatic heterocycles. The fourth-order valence-electron chi connectivity index (χ4n) is 1.18. The van der Waals surface area contributed by atoms with Crippen LogP contribution in [0.5, 0.6) is 0 Å². The van der Waals surface area contributed by atoms with Gasteiger partial charge in [0, 0.05) is 5.56 Å². The molecule has 0 saturated heterocycles. The highest BCUT2D eigenvalue weighted by atomic mass is 16.1. The number of aryl methyl sites for hydroxylation is 1. The van der Waals surface area contributed by atoms with E-state index in [-0.39, 0.29) is 5.78 Å². The second-order valence-electron chi connectivity index (χ2n) is 3.29. The predicted molar refractivity (Wildman–Crippen MR) is 59.5 cm³/mol. The molecule has 0 fully saturated rings. The van der Waals surface area contributed by atoms with Gasteiger partial charge >= 0.3 is 0 Å². The standard InChI is InChI=1S/C13H14O/c1-4-5-11(3)13(14)12-8-6-10(2)7-9-12/h4,6-9H,1,3,5H2,2H3. The minimum absolute atomic E-state index is 0.00454. The molecule has 72 valence electrons. The maximum absolute atomic E-state index is 11.7. The Morgan fingerprint density at radius 1 is 1.36 bits per heavy atom. The average molecular weight is 186 g/mol. The lowest BCUT2D eigenvalue weighted by atomic mass is 10.0. The molecule has 14 heavy (non-hydrogen) atoms. The van der Waals surface area contributed by atoms with Crippen LogP contribution in [0, 0.1) is 6.92 Å². The Kier molecular flexibility index (Phi) is 3.41. The van der Waals surface area contributed by atoms with Gasteiger partial charge in [-0.2, -0.15) is 0 Å². The molecule has 0 heterocycles. The second-order valence-corrected chi connectivity index (χ2v) is 3.29. The van der Waals surface area contributed by atoms with Gasteiger partial charge in [0.1, 0.15) is 0 Å². The summed E-state index contributed by atoms with van der Waals surface area (Å²) in [4.78, 5) is 11.7. The zero-order chi connectivity index (χ0) is 10.6. The van der Waals surface area contributed by atoms with E-state index in [1.165, 1.54) is 0 Å². The van der Waals surface area contributed by atoms with Gasteiger partial charge in [-0.25, -0.2) is 0 Å². The summed E-state index contributed by atoms with van der Waals surface area (Å²) in [5, 5.41) is 0. The first-order chi connectivity index (χ1) is 6.65. The highest BCUT2D eigenvalue weighted by Gasteiger charge is 2.07. The average Bonchev–Trinajstić information content (AvgIpc) is 2.18. The minimum Gasteiger partial charge on any atom is -0.289 e. The Bertz CT molecular complexity index is 357. The van der Waals surface area contributed by atoms with Crippen molar-refractivity contribution in [1.29, 1.82) is 0 Å². The van der Waals surface area contributed by atoms with Crippen LogP contribution in [0.3, 0.4) is 0 Å². The van der Waals surface area contributed by atoms with E-state index in [4.69, 9.17) is 0 Å². The van der Waals surface area contributed by atoms with E-state index in [2.05, 4.69) is 13.2 Å². The zero-order valence-corrected chi connectivity index (χ0v) is 8.42. The monoisotopic (exact) mass is 186 g/mol. The number of hydrogen-bond acceptors (Lipinski definition) is 1. The Morgan fingerprint density at radius 3 is 2.43 bits per heavy atom. The number of carbonyl (C=O) groups is 1. The van der Waals surface area contributed by atoms with Crippen molar-refractivity contribution in [3.8, 4) is 0 Å². The Labute approximate surface area is 84.8 Å². The van der Waals surface area contributed by atoms with Crippen molar-refractivity contribution >= 4 is 5.78 Å². The van der Waals surface area contributed by atoms with Crippen LogP contribution < -0.4 is 0 Å². The van der Waals surface area contributed by atoms with Crippen molar-refractivity contribution in [2.75, 3.05) is 0 Å². The molecule has 1 aromatic rings. The number of rotatable bonds is 4. The smallest absolute Gasteiger partial charge is 0.188 e. The molecule has 0 amide bonds. The molecule has 0 aliphatic rings. The summed E-state index contributed by atoms with van der Waals surface area (Å²) in [6, 6.07) is 7.50. The normalized spacial score (nSPS) is 9.50. The SMILES string of the molecule is C=CCC(=C)C(=O)c1ccc(C)cc1. The summed E-state index contributed by atoms with van der Waals surface area (Å²) in [5.74, 6) is 0.00454. The molecular weight excluding hydrogens is 172 g/mol. The third-order valence-corrected chi connectivity index (χ3v) is 2.03. The van der Waals surface area contributed by atoms with Crippen LogP contribution >= 0.6 is 0 Å². The Hall–Kier alpha value is -1.63. The van der Waals surface area contributed by atoms with Crippen LogP contribution in [0.15, 0.2) is 49.1 Å². The van der Waals surface area contributed by atoms with Crippen molar-refractivity contribution in [2.45, 2.75) is 13.3 Å². The van der Waals surface area contributed by atoms with Gasteiger partial charge in [-0.3, -0.25) is 4.79 Å². The van der Waals surface area contributed by atoms with Crippen LogP contribution in [-0.2, 0) is 0 Å². The second kappa shape index (κ2) is 4.56. The van der Waals surface area contributed by atoms with Crippen molar-refractivity contribution in [1.82, 2.24) is 0 Å². The van der Waals surface area contributed by atoms with E-state index < -0.39 is 0 Å². The molecule has 1 nitrogen and oxygen atoms in total. The van der Waals surface area contributed by atoms with E-state index in [0.717, 1.165) is 5.56 Å². The van der Waals surface area contributed by atoms with Crippen molar-refractivity contribution in [3.05, 3.63) is 60.2 Å². The number of allylic oxidation sites excluding steroid dienone is 2. The van der Waals surface area contributed by atoms with E-state index in [1.54, 1.807) is 6.08 Å². The van der Waals surface area contributed by atoms with Crippen molar-refractivity contribution < 1.29 is 4.79 Å². The van der Waals surface area contributed by atoms with Crippen LogP contribution in [0.2, 0.25) is 0 Å². The third kappa shape index (κ3) is 2.43. The molecular formula is C13H14O. The number of carbonyl (C=O) groups excluding carboxylic acids is 1. The summed E-state index contributed by atoms with van der Waals surface area (Å²) < 4.78 is 0. The molecule has 0 saturated carbocycles. The number of benzene rings is 1. The minimum atomic E-state index is 0.00454. The summed E-state index contributed by atoms with van der Waals surface area (Å²) in [7, 11) is 0. The molecule has 1 aromatic carbocycles. The lowest BCUT2D eigenvalue weighted by Gasteiger charge is -2.02. The topological polar surface area (TPSA) is 17.1 Å². The van der Waals surface area contributed by atoms with E-state index in [1.807, 2.05) is 31.2 Å². The highest BCUT2D eigenvalue weighted by Crippen LogP contribution is 2.11. The maximum Gasteiger partial charge on any atom is 0.188 e. The third-order valence-electron chi connectivity index (χ3n) is 2.03. The molecule has 0 bridgehead atoms. The largest absolute Gasteiger partial charge is 0.289 e. The van der Waals surface area contributed by atoms with Gasteiger partial charge in [0.15, 0.2) is 5.78 Å². The van der Waals surface area contributed by atoms with Crippen LogP contribution in [0.4, 0.5) is 0 Å². The van der Waals surface area contributed by atoms with E-state index >= 15 is 0 Å². The van der Waals surface area contributed by atoms with Crippen LogP contribution in [0.25, 0.3) is 0 Å². The lowest BCUT2D eigenvalue weighted by Crippen LogP contribution is -2.01. The lowest BCUT2D eigenvalue weighted by molar-refractivity contribution is 0.103. The van der Waals surface area contributed by atoms with E-state index in [0.29, 0.717) is 17.6 Å². The Morgan fingerprint density at radius 2 is 1.93 bits per heavy atom. The highest BCUT2D eigenvalue weighted by molar-refractivity contribution is 6.08. The first kappa shape index (κ1) is 10.5. The molecule has 0 spiro atoms. The fraction of sp³-hybridized carbons (Fsp3) is 0.154. The molecule has 0 radical (unpaired) electrons. The molecule has 1 rings (SSSR count). The van der Waals surface area contributed by atoms with Gasteiger partial charge in [0.25, 0.3) is 0 Å². The first-order valence-corrected chi connectivity index (χ1v) is 4.55. The number of hydrogen-bond donors (Lipinski definition) is 0. The maximum atomic E-state index is 11.7. The zero-order valence-electron chi connectivity index (χ0n) is 8.42. The summed E-state index contributed by atoms with van der Waals surface area (Å²) >= 11 is 0. The van der Waals surface area contributed by atoms with Crippen LogP contribution in [0.1, 0.15) is 22.3 Å². The first-order valence-electron chi connectivity index (χ1n) is 4.55. The van der Waals surface area contributed by atoms with Gasteiger partial charge in [-0.1, -0.05) is 42.5 Å². The van der Waals surface area contributed by atoms with Gasteiger partial charge in [-0.05, 0) is 18.9 Å². The van der Waals surface area contributed by atoms with Gasteiger partial charge in [0.05, 0.1) is 0 Å². The Balaban J connectivity index is 2.84. The molecule has 0 unspecified atom stereocenters. The summed E-state index contributed by atoms with van der Waals surface area (Å²) in [6.07, 6.45) is 2.24. The molecule has 0 N–H and O–H groups in total. The molecule has 0 aliphatic heterocycles. The van der Waals surface area contributed by atoms with Gasteiger partial charge in [0.2, 0.25) is 0 Å². The van der Waals surface area contributed by atoms with Crippen molar-refractivity contribution in [3.63, 3.8) is 0 Å². The molecule has 0 atom stereocenters. The number of ketones is 1. The number of Topliss-reactive ketones (excluding diaryl/α,β-unsaturated/α-hetero) is 1.